The number of carbonyl (C=O) groups excluding carboxylic acids is 1. The molecule has 30 heavy (non-hydrogen) atoms. The van der Waals surface area contributed by atoms with Crippen molar-refractivity contribution in [1.82, 2.24) is 19.8 Å². The number of imidazole rings is 1. The van der Waals surface area contributed by atoms with Gasteiger partial charge in [0.05, 0.1) is 11.8 Å². The van der Waals surface area contributed by atoms with Crippen LogP contribution in [0.1, 0.15) is 41.8 Å². The standard InChI is InChI=1S/C22H27ClN4O2S/c1-4-27(5-2)19(17-8-6-7-9-18(17)23)14-25-21(28)20-11-10-16(29-20)15-30-22-24-12-13-26(22)3/h6-13,19H,4-5,14-15H2,1-3H3,(H,25,28). The largest absolute Gasteiger partial charge is 0.455 e. The summed E-state index contributed by atoms with van der Waals surface area (Å²) in [6, 6.07) is 11.3. The minimum atomic E-state index is -0.229. The van der Waals surface area contributed by atoms with Crippen LogP contribution in [0.2, 0.25) is 5.02 Å². The highest BCUT2D eigenvalue weighted by Gasteiger charge is 2.22. The van der Waals surface area contributed by atoms with Crippen molar-refractivity contribution in [2.24, 2.45) is 7.05 Å². The van der Waals surface area contributed by atoms with Gasteiger partial charge in [-0.15, -0.1) is 0 Å². The Morgan fingerprint density at radius 1 is 1.27 bits per heavy atom. The lowest BCUT2D eigenvalue weighted by Crippen LogP contribution is -2.38. The number of nitrogens with one attached hydrogen (secondary N) is 1. The van der Waals surface area contributed by atoms with E-state index < -0.39 is 0 Å². The minimum absolute atomic E-state index is 0.00828. The zero-order chi connectivity index (χ0) is 21.5. The van der Waals surface area contributed by atoms with Crippen LogP contribution in [0.4, 0.5) is 0 Å². The lowest BCUT2D eigenvalue weighted by atomic mass is 10.0. The molecule has 1 amide bonds. The summed E-state index contributed by atoms with van der Waals surface area (Å²) in [7, 11) is 1.95. The second kappa shape index (κ2) is 10.7. The zero-order valence-electron chi connectivity index (χ0n) is 17.5. The van der Waals surface area contributed by atoms with Crippen LogP contribution in [0.15, 0.2) is 58.4 Å². The quantitative estimate of drug-likeness (QED) is 0.454. The first-order chi connectivity index (χ1) is 14.5. The van der Waals surface area contributed by atoms with Crippen LogP contribution >= 0.6 is 23.4 Å². The van der Waals surface area contributed by atoms with E-state index in [-0.39, 0.29) is 11.9 Å². The molecule has 0 radical (unpaired) electrons. The number of thioether (sulfide) groups is 1. The van der Waals surface area contributed by atoms with Crippen LogP contribution in [-0.2, 0) is 12.8 Å². The summed E-state index contributed by atoms with van der Waals surface area (Å²) in [6.07, 6.45) is 3.66. The second-order valence-corrected chi connectivity index (χ2v) is 8.19. The van der Waals surface area contributed by atoms with E-state index in [0.29, 0.717) is 23.1 Å². The monoisotopic (exact) mass is 446 g/mol. The third-order valence-corrected chi connectivity index (χ3v) is 6.40. The summed E-state index contributed by atoms with van der Waals surface area (Å²) in [4.78, 5) is 19.2. The Bertz CT molecular complexity index is 967. The van der Waals surface area contributed by atoms with E-state index >= 15 is 0 Å². The molecule has 0 saturated heterocycles. The average molecular weight is 447 g/mol. The first-order valence-corrected chi connectivity index (χ1v) is 11.3. The Labute approximate surface area is 186 Å². The average Bonchev–Trinajstić information content (AvgIpc) is 3.39. The van der Waals surface area contributed by atoms with Gasteiger partial charge in [-0.25, -0.2) is 4.98 Å². The molecule has 2 heterocycles. The van der Waals surface area contributed by atoms with Gasteiger partial charge in [0.25, 0.3) is 5.91 Å². The fourth-order valence-electron chi connectivity index (χ4n) is 3.33. The first-order valence-electron chi connectivity index (χ1n) is 9.99. The van der Waals surface area contributed by atoms with Gasteiger partial charge in [0.15, 0.2) is 10.9 Å². The first kappa shape index (κ1) is 22.5. The van der Waals surface area contributed by atoms with Crippen LogP contribution in [-0.4, -0.2) is 40.0 Å². The maximum absolute atomic E-state index is 12.7. The lowest BCUT2D eigenvalue weighted by molar-refractivity contribution is 0.0906. The van der Waals surface area contributed by atoms with Gasteiger partial charge < -0.3 is 14.3 Å². The molecule has 0 aliphatic rings. The van der Waals surface area contributed by atoms with Crippen LogP contribution in [0.25, 0.3) is 0 Å². The molecule has 8 heteroatoms. The van der Waals surface area contributed by atoms with E-state index in [2.05, 4.69) is 29.0 Å². The molecule has 3 rings (SSSR count). The van der Waals surface area contributed by atoms with E-state index in [1.807, 2.05) is 48.1 Å². The number of aryl methyl sites for hydroxylation is 1. The predicted octanol–water partition coefficient (Wildman–Crippen LogP) is 4.77. The van der Waals surface area contributed by atoms with Gasteiger partial charge in [0, 0.05) is 31.0 Å². The summed E-state index contributed by atoms with van der Waals surface area (Å²) in [5.41, 5.74) is 1.01. The molecular formula is C22H27ClN4O2S. The van der Waals surface area contributed by atoms with E-state index in [0.717, 1.165) is 29.6 Å². The van der Waals surface area contributed by atoms with E-state index in [1.165, 1.54) is 0 Å². The topological polar surface area (TPSA) is 63.3 Å². The van der Waals surface area contributed by atoms with Crippen LogP contribution in [0.5, 0.6) is 0 Å². The number of amides is 1. The fourth-order valence-corrected chi connectivity index (χ4v) is 4.41. The highest BCUT2D eigenvalue weighted by molar-refractivity contribution is 7.98. The van der Waals surface area contributed by atoms with Crippen molar-refractivity contribution in [3.8, 4) is 0 Å². The molecule has 1 unspecified atom stereocenters. The summed E-state index contributed by atoms with van der Waals surface area (Å²) in [6.45, 7) is 6.37. The van der Waals surface area contributed by atoms with Crippen molar-refractivity contribution in [2.45, 2.75) is 30.8 Å². The molecule has 2 aromatic heterocycles. The number of hydrogen-bond donors (Lipinski definition) is 1. The fraction of sp³-hybridized carbons (Fsp3) is 0.364. The van der Waals surface area contributed by atoms with Crippen molar-refractivity contribution >= 4 is 29.3 Å². The Kier molecular flexibility index (Phi) is 8.01. The molecule has 1 aromatic carbocycles. The molecule has 160 valence electrons. The number of carbonyl (C=O) groups is 1. The number of nitrogens with zero attached hydrogens (tertiary/aromatic N) is 3. The molecule has 6 nitrogen and oxygen atoms in total. The zero-order valence-corrected chi connectivity index (χ0v) is 19.0. The van der Waals surface area contributed by atoms with Crippen LogP contribution < -0.4 is 5.32 Å². The normalized spacial score (nSPS) is 12.3. The summed E-state index contributed by atoms with van der Waals surface area (Å²) in [5, 5.41) is 4.62. The molecule has 0 saturated carbocycles. The number of hydrogen-bond acceptors (Lipinski definition) is 5. The van der Waals surface area contributed by atoms with Gasteiger partial charge in [-0.05, 0) is 36.9 Å². The van der Waals surface area contributed by atoms with Crippen molar-refractivity contribution in [1.29, 1.82) is 0 Å². The third-order valence-electron chi connectivity index (χ3n) is 4.98. The molecule has 1 atom stereocenters. The SMILES string of the molecule is CCN(CC)C(CNC(=O)c1ccc(CSc2nccn2C)o1)c1ccccc1Cl. The number of rotatable bonds is 10. The molecule has 0 aliphatic heterocycles. The highest BCUT2D eigenvalue weighted by atomic mass is 35.5. The van der Waals surface area contributed by atoms with Crippen molar-refractivity contribution in [3.63, 3.8) is 0 Å². The van der Waals surface area contributed by atoms with Crippen molar-refractivity contribution in [2.75, 3.05) is 19.6 Å². The van der Waals surface area contributed by atoms with Crippen molar-refractivity contribution in [3.05, 3.63) is 70.9 Å². The smallest absolute Gasteiger partial charge is 0.287 e. The summed E-state index contributed by atoms with van der Waals surface area (Å²) >= 11 is 8.00. The summed E-state index contributed by atoms with van der Waals surface area (Å²) < 4.78 is 7.70. The lowest BCUT2D eigenvalue weighted by Gasteiger charge is -2.30. The molecule has 0 fully saturated rings. The summed E-state index contributed by atoms with van der Waals surface area (Å²) in [5.74, 6) is 1.43. The van der Waals surface area contributed by atoms with Gasteiger partial charge in [-0.1, -0.05) is 55.4 Å². The van der Waals surface area contributed by atoms with Gasteiger partial charge in [-0.2, -0.15) is 0 Å². The van der Waals surface area contributed by atoms with Crippen LogP contribution in [0, 0.1) is 0 Å². The maximum Gasteiger partial charge on any atom is 0.287 e. The van der Waals surface area contributed by atoms with E-state index in [9.17, 15) is 4.79 Å². The molecule has 3 aromatic rings. The number of aromatic nitrogens is 2. The Morgan fingerprint density at radius 3 is 2.70 bits per heavy atom. The van der Waals surface area contributed by atoms with Crippen molar-refractivity contribution < 1.29 is 9.21 Å². The van der Waals surface area contributed by atoms with Gasteiger partial charge in [0.1, 0.15) is 5.76 Å². The minimum Gasteiger partial charge on any atom is -0.455 e. The Balaban J connectivity index is 1.63. The van der Waals surface area contributed by atoms with Gasteiger partial charge in [-0.3, -0.25) is 9.69 Å². The maximum atomic E-state index is 12.7. The molecule has 0 aliphatic carbocycles. The number of benzene rings is 1. The molecule has 1 N–H and O–H groups in total. The predicted molar refractivity (Wildman–Crippen MR) is 121 cm³/mol. The second-order valence-electron chi connectivity index (χ2n) is 6.84. The van der Waals surface area contributed by atoms with E-state index in [1.54, 1.807) is 24.0 Å². The van der Waals surface area contributed by atoms with E-state index in [4.69, 9.17) is 16.0 Å². The number of halogens is 1. The van der Waals surface area contributed by atoms with Gasteiger partial charge >= 0.3 is 0 Å². The van der Waals surface area contributed by atoms with Gasteiger partial charge in [0.2, 0.25) is 0 Å². The molecule has 0 bridgehead atoms. The third kappa shape index (κ3) is 5.47. The highest BCUT2D eigenvalue weighted by Crippen LogP contribution is 2.27. The van der Waals surface area contributed by atoms with Crippen LogP contribution in [0.3, 0.4) is 0 Å². The number of likely N-dealkylation sites (N-methyl/N-ethyl adjacent to an activating group) is 1. The number of furan rings is 1. The molecular weight excluding hydrogens is 420 g/mol. The Morgan fingerprint density at radius 2 is 2.03 bits per heavy atom. The Hall–Kier alpha value is -2.22. The molecule has 0 spiro atoms.